The van der Waals surface area contributed by atoms with Gasteiger partial charge in [-0.1, -0.05) is 60.7 Å². The van der Waals surface area contributed by atoms with Gasteiger partial charge >= 0.3 is 0 Å². The van der Waals surface area contributed by atoms with Gasteiger partial charge in [0.25, 0.3) is 0 Å². The van der Waals surface area contributed by atoms with Crippen LogP contribution >= 0.6 is 0 Å². The lowest BCUT2D eigenvalue weighted by Gasteiger charge is -2.46. The average Bonchev–Trinajstić information content (AvgIpc) is 3.08. The van der Waals surface area contributed by atoms with Crippen molar-refractivity contribution in [3.63, 3.8) is 0 Å². The van der Waals surface area contributed by atoms with Crippen LogP contribution in [0.15, 0.2) is 60.7 Å². The van der Waals surface area contributed by atoms with E-state index in [2.05, 4.69) is 10.6 Å². The van der Waals surface area contributed by atoms with Crippen molar-refractivity contribution in [2.45, 2.75) is 87.7 Å². The fourth-order valence-corrected chi connectivity index (χ4v) is 5.24. The molecule has 5 rings (SSSR count). The number of aliphatic hydroxyl groups is 6. The summed E-state index contributed by atoms with van der Waals surface area (Å²) in [5, 5.41) is 62.2. The number of carbonyl (C=O) groups excluding carboxylic acids is 2. The fourth-order valence-electron chi connectivity index (χ4n) is 5.24. The first kappa shape index (κ1) is 39.3. The molecule has 0 spiro atoms. The molecule has 48 heavy (non-hydrogen) atoms. The maximum absolute atomic E-state index is 11.2. The predicted octanol–water partition coefficient (Wildman–Crippen LogP) is -1.42. The highest BCUT2D eigenvalue weighted by molar-refractivity contribution is 5.73. The summed E-state index contributed by atoms with van der Waals surface area (Å²) >= 11 is 0. The van der Waals surface area contributed by atoms with Gasteiger partial charge in [-0.25, -0.2) is 0 Å². The molecule has 0 bridgehead atoms. The second kappa shape index (κ2) is 19.2. The number of methoxy groups -OCH3 is 2. The summed E-state index contributed by atoms with van der Waals surface area (Å²) in [5.74, 6) is -0.826. The number of rotatable bonds is 7. The Kier molecular flexibility index (Phi) is 15.7. The first-order chi connectivity index (χ1) is 22.9. The van der Waals surface area contributed by atoms with Gasteiger partial charge in [-0.2, -0.15) is 0 Å². The van der Waals surface area contributed by atoms with Gasteiger partial charge in [-0.05, 0) is 0 Å². The van der Waals surface area contributed by atoms with Crippen molar-refractivity contribution in [1.29, 1.82) is 0 Å². The van der Waals surface area contributed by atoms with Crippen LogP contribution in [0.25, 0.3) is 0 Å². The molecule has 16 heteroatoms. The Morgan fingerprint density at radius 1 is 0.771 bits per heavy atom. The lowest BCUT2D eigenvalue weighted by atomic mass is 9.96. The molecule has 3 saturated heterocycles. The van der Waals surface area contributed by atoms with Gasteiger partial charge in [0, 0.05) is 39.2 Å². The number of amides is 2. The minimum Gasteiger partial charge on any atom is -0.394 e. The highest BCUT2D eigenvalue weighted by Gasteiger charge is 2.49. The van der Waals surface area contributed by atoms with Crippen LogP contribution in [0.2, 0.25) is 0 Å². The molecule has 2 aromatic rings. The second-order valence-corrected chi connectivity index (χ2v) is 11.1. The monoisotopic (exact) mass is 682 g/mol. The van der Waals surface area contributed by atoms with Crippen LogP contribution in [0.4, 0.5) is 0 Å². The van der Waals surface area contributed by atoms with Gasteiger partial charge in [0.05, 0.1) is 13.2 Å². The molecule has 3 heterocycles. The van der Waals surface area contributed by atoms with E-state index in [1.165, 1.54) is 13.8 Å². The van der Waals surface area contributed by atoms with Crippen LogP contribution in [-0.2, 0) is 38.0 Å². The van der Waals surface area contributed by atoms with E-state index in [9.17, 15) is 35.1 Å². The van der Waals surface area contributed by atoms with Gasteiger partial charge in [0.2, 0.25) is 11.8 Å². The lowest BCUT2D eigenvalue weighted by Crippen LogP contribution is -2.66. The van der Waals surface area contributed by atoms with Gasteiger partial charge in [0.1, 0.15) is 48.7 Å². The smallest absolute Gasteiger partial charge is 0.217 e. The Bertz CT molecular complexity index is 1240. The number of aliphatic hydroxyl groups excluding tert-OH is 6. The molecule has 268 valence electrons. The van der Waals surface area contributed by atoms with Crippen molar-refractivity contribution in [3.8, 4) is 0 Å². The van der Waals surface area contributed by atoms with Crippen molar-refractivity contribution in [2.24, 2.45) is 0 Å². The zero-order chi connectivity index (χ0) is 35.4. The second-order valence-electron chi connectivity index (χ2n) is 11.1. The highest BCUT2D eigenvalue weighted by Crippen LogP contribution is 2.33. The first-order valence-electron chi connectivity index (χ1n) is 15.2. The van der Waals surface area contributed by atoms with E-state index in [4.69, 9.17) is 33.5 Å². The van der Waals surface area contributed by atoms with Gasteiger partial charge in [-0.3, -0.25) is 9.59 Å². The highest BCUT2D eigenvalue weighted by atomic mass is 16.7. The molecule has 2 amide bonds. The molecule has 11 unspecified atom stereocenters. The molecule has 3 aliphatic heterocycles. The largest absolute Gasteiger partial charge is 0.394 e. The summed E-state index contributed by atoms with van der Waals surface area (Å²) in [6.45, 7) is 2.18. The molecular formula is C32H46N2O14. The number of nitrogens with one attached hydrogen (secondary N) is 2. The summed E-state index contributed by atoms with van der Waals surface area (Å²) in [7, 11) is 3.25. The van der Waals surface area contributed by atoms with Crippen LogP contribution in [0, 0.1) is 0 Å². The van der Waals surface area contributed by atoms with Gasteiger partial charge in [-0.15, -0.1) is 0 Å². The average molecular weight is 683 g/mol. The maximum atomic E-state index is 11.2. The summed E-state index contributed by atoms with van der Waals surface area (Å²) in [6, 6.07) is 17.1. The van der Waals surface area contributed by atoms with Crippen LogP contribution in [0.1, 0.15) is 37.6 Å². The van der Waals surface area contributed by atoms with Crippen molar-refractivity contribution in [1.82, 2.24) is 10.6 Å². The number of hydrogen-bond acceptors (Lipinski definition) is 14. The van der Waals surface area contributed by atoms with Crippen molar-refractivity contribution in [3.05, 3.63) is 71.8 Å². The van der Waals surface area contributed by atoms with Crippen molar-refractivity contribution >= 4 is 11.8 Å². The Balaban J connectivity index is 0.000000209. The standard InChI is InChI=1S/C15H19NO6.C9H12O2.C8H15NO6/c1-8(17)16-11-12(18)13-10(21-14(11)19)7-20-15(22-13)9-5-3-2-4-6-9;1-10-9(11-2)8-6-4-3-5-7-8;1-3(11)9-5-7(13)6(12)4(2-10)15-8(5)14/h2-6,10-15,18-19H,7H2,1H3,(H,16,17);3-7,9H,1-2H3;4-8,10,12-14H,2H2,1H3,(H,9,11). The number of fused-ring (bicyclic) bond motifs is 1. The van der Waals surface area contributed by atoms with Crippen molar-refractivity contribution in [2.75, 3.05) is 27.4 Å². The molecule has 0 saturated carbocycles. The maximum Gasteiger partial charge on any atom is 0.217 e. The molecule has 0 aromatic heterocycles. The Labute approximate surface area is 278 Å². The number of ether oxygens (including phenoxy) is 6. The van der Waals surface area contributed by atoms with Crippen LogP contribution < -0.4 is 10.6 Å². The Morgan fingerprint density at radius 3 is 1.81 bits per heavy atom. The molecule has 3 aliphatic rings. The zero-order valence-corrected chi connectivity index (χ0v) is 27.1. The molecule has 8 N–H and O–H groups in total. The topological polar surface area (TPSA) is 235 Å². The number of benzene rings is 2. The third-order valence-electron chi connectivity index (χ3n) is 7.60. The zero-order valence-electron chi connectivity index (χ0n) is 27.1. The van der Waals surface area contributed by atoms with E-state index >= 15 is 0 Å². The fraction of sp³-hybridized carbons (Fsp3) is 0.562. The summed E-state index contributed by atoms with van der Waals surface area (Å²) in [4.78, 5) is 21.9. The number of hydrogen-bond donors (Lipinski definition) is 8. The molecule has 2 aromatic carbocycles. The van der Waals surface area contributed by atoms with Gasteiger partial charge < -0.3 is 69.7 Å². The van der Waals surface area contributed by atoms with E-state index < -0.39 is 80.1 Å². The van der Waals surface area contributed by atoms with Crippen LogP contribution in [0.3, 0.4) is 0 Å². The minimum atomic E-state index is -1.45. The SMILES string of the molecule is CC(=O)NC1C(O)OC(CO)C(O)C1O.CC(=O)NC1C(O)OC2COC(c3ccccc3)OC2C1O.COC(OC)c1ccccc1. The summed E-state index contributed by atoms with van der Waals surface area (Å²) in [5.41, 5.74) is 1.87. The normalized spacial score (nSPS) is 32.8. The van der Waals surface area contributed by atoms with E-state index in [0.717, 1.165) is 11.1 Å². The first-order valence-corrected chi connectivity index (χ1v) is 15.2. The van der Waals surface area contributed by atoms with E-state index in [1.54, 1.807) is 14.2 Å². The Hall–Kier alpha value is -3.10. The molecule has 0 aliphatic carbocycles. The van der Waals surface area contributed by atoms with E-state index in [-0.39, 0.29) is 18.8 Å². The minimum absolute atomic E-state index is 0.186. The van der Waals surface area contributed by atoms with Crippen LogP contribution in [0.5, 0.6) is 0 Å². The Morgan fingerprint density at radius 2 is 1.29 bits per heavy atom. The molecule has 16 nitrogen and oxygen atoms in total. The number of carbonyl (C=O) groups is 2. The third-order valence-corrected chi connectivity index (χ3v) is 7.60. The lowest BCUT2D eigenvalue weighted by molar-refractivity contribution is -0.337. The van der Waals surface area contributed by atoms with Crippen LogP contribution in [-0.4, -0.2) is 131 Å². The van der Waals surface area contributed by atoms with Crippen molar-refractivity contribution < 1.29 is 68.6 Å². The predicted molar refractivity (Wildman–Crippen MR) is 165 cm³/mol. The quantitative estimate of drug-likeness (QED) is 0.157. The van der Waals surface area contributed by atoms with E-state index in [1.807, 2.05) is 60.7 Å². The molecule has 11 atom stereocenters. The molecule has 3 fully saturated rings. The third kappa shape index (κ3) is 10.7. The summed E-state index contributed by atoms with van der Waals surface area (Å²) in [6.07, 6.45) is -9.78. The molecule has 0 radical (unpaired) electrons. The van der Waals surface area contributed by atoms with E-state index in [0.29, 0.717) is 0 Å². The van der Waals surface area contributed by atoms with Gasteiger partial charge in [0.15, 0.2) is 25.2 Å². The molecular weight excluding hydrogens is 636 g/mol. The summed E-state index contributed by atoms with van der Waals surface area (Å²) < 4.78 is 31.7.